The monoisotopic (exact) mass is 406 g/mol. The molecular formula is C18H19BrN2O2S. The third kappa shape index (κ3) is 4.24. The Hall–Kier alpha value is -1.66. The summed E-state index contributed by atoms with van der Waals surface area (Å²) in [6, 6.07) is 11.5. The lowest BCUT2D eigenvalue weighted by atomic mass is 10.0. The van der Waals surface area contributed by atoms with Crippen molar-refractivity contribution in [3.05, 3.63) is 51.3 Å². The topological polar surface area (TPSA) is 58.2 Å². The van der Waals surface area contributed by atoms with Crippen molar-refractivity contribution in [3.63, 3.8) is 0 Å². The standard InChI is InChI=1S/C18H19BrN2O2S/c1-2-14(11-5-7-13(19)8-6-11)20-18(23)15-9-10-16(24-15)21-17(22)12-3-4-12/h5-10,12,14H,2-4H2,1H3,(H,20,23)(H,21,22). The van der Waals surface area contributed by atoms with Crippen molar-refractivity contribution in [1.82, 2.24) is 5.32 Å². The predicted octanol–water partition coefficient (Wildman–Crippen LogP) is 4.74. The summed E-state index contributed by atoms with van der Waals surface area (Å²) in [4.78, 5) is 24.9. The van der Waals surface area contributed by atoms with Crippen LogP contribution in [0.1, 0.15) is 47.5 Å². The summed E-state index contributed by atoms with van der Waals surface area (Å²) in [5.74, 6) is 0.109. The average molecular weight is 407 g/mol. The molecule has 6 heteroatoms. The molecule has 1 aliphatic carbocycles. The van der Waals surface area contributed by atoms with Gasteiger partial charge in [0.05, 0.1) is 15.9 Å². The molecule has 2 N–H and O–H groups in total. The van der Waals surface area contributed by atoms with Crippen LogP contribution in [0.5, 0.6) is 0 Å². The molecule has 3 rings (SSSR count). The molecule has 24 heavy (non-hydrogen) atoms. The van der Waals surface area contributed by atoms with E-state index >= 15 is 0 Å². The Balaban J connectivity index is 1.63. The van der Waals surface area contributed by atoms with Crippen molar-refractivity contribution in [1.29, 1.82) is 0 Å². The minimum atomic E-state index is -0.110. The number of rotatable bonds is 6. The van der Waals surface area contributed by atoms with Crippen LogP contribution in [0, 0.1) is 5.92 Å². The van der Waals surface area contributed by atoms with Crippen molar-refractivity contribution < 1.29 is 9.59 Å². The van der Waals surface area contributed by atoms with Gasteiger partial charge in [0.2, 0.25) is 5.91 Å². The first-order chi connectivity index (χ1) is 11.6. The zero-order valence-electron chi connectivity index (χ0n) is 13.3. The summed E-state index contributed by atoms with van der Waals surface area (Å²) in [5, 5.41) is 6.67. The maximum atomic E-state index is 12.5. The van der Waals surface area contributed by atoms with Gasteiger partial charge in [-0.3, -0.25) is 9.59 Å². The zero-order chi connectivity index (χ0) is 17.1. The SMILES string of the molecule is CCC(NC(=O)c1ccc(NC(=O)C2CC2)s1)c1ccc(Br)cc1. The Morgan fingerprint density at radius 2 is 1.92 bits per heavy atom. The van der Waals surface area contributed by atoms with E-state index in [1.54, 1.807) is 12.1 Å². The number of carbonyl (C=O) groups is 2. The third-order valence-corrected chi connectivity index (χ3v) is 5.54. The third-order valence-electron chi connectivity index (χ3n) is 4.01. The van der Waals surface area contributed by atoms with Crippen molar-refractivity contribution in [2.45, 2.75) is 32.2 Å². The predicted molar refractivity (Wildman–Crippen MR) is 100 cm³/mol. The second-order valence-corrected chi connectivity index (χ2v) is 7.91. The fourth-order valence-corrected chi connectivity index (χ4v) is 3.52. The van der Waals surface area contributed by atoms with Gasteiger partial charge in [-0.15, -0.1) is 11.3 Å². The van der Waals surface area contributed by atoms with Crippen LogP contribution in [0.25, 0.3) is 0 Å². The Bertz CT molecular complexity index is 738. The van der Waals surface area contributed by atoms with E-state index in [0.717, 1.165) is 34.3 Å². The number of halogens is 1. The number of hydrogen-bond acceptors (Lipinski definition) is 3. The lowest BCUT2D eigenvalue weighted by molar-refractivity contribution is -0.117. The number of amides is 2. The van der Waals surface area contributed by atoms with Gasteiger partial charge >= 0.3 is 0 Å². The van der Waals surface area contributed by atoms with Gasteiger partial charge in [-0.2, -0.15) is 0 Å². The van der Waals surface area contributed by atoms with Gasteiger partial charge in [0.25, 0.3) is 5.91 Å². The van der Waals surface area contributed by atoms with E-state index in [4.69, 9.17) is 0 Å². The molecule has 0 aliphatic heterocycles. The normalized spacial score (nSPS) is 14.9. The van der Waals surface area contributed by atoms with Crippen molar-refractivity contribution in [3.8, 4) is 0 Å². The van der Waals surface area contributed by atoms with E-state index in [1.807, 2.05) is 31.2 Å². The van der Waals surface area contributed by atoms with Gasteiger partial charge in [0.15, 0.2) is 0 Å². The molecule has 1 saturated carbocycles. The van der Waals surface area contributed by atoms with Crippen LogP contribution >= 0.6 is 27.3 Å². The molecule has 2 amide bonds. The minimum Gasteiger partial charge on any atom is -0.345 e. The van der Waals surface area contributed by atoms with Crippen LogP contribution in [0.4, 0.5) is 5.00 Å². The van der Waals surface area contributed by atoms with Crippen LogP contribution in [0.3, 0.4) is 0 Å². The summed E-state index contributed by atoms with van der Waals surface area (Å²) in [5.41, 5.74) is 1.08. The maximum Gasteiger partial charge on any atom is 0.261 e. The number of nitrogens with one attached hydrogen (secondary N) is 2. The Labute approximate surface area is 153 Å². The number of carbonyl (C=O) groups excluding carboxylic acids is 2. The summed E-state index contributed by atoms with van der Waals surface area (Å²) < 4.78 is 1.02. The van der Waals surface area contributed by atoms with E-state index < -0.39 is 0 Å². The lowest BCUT2D eigenvalue weighted by Crippen LogP contribution is -2.27. The van der Waals surface area contributed by atoms with Crippen LogP contribution in [-0.4, -0.2) is 11.8 Å². The molecule has 1 aromatic heterocycles. The van der Waals surface area contributed by atoms with Crippen molar-refractivity contribution >= 4 is 44.1 Å². The summed E-state index contributed by atoms with van der Waals surface area (Å²) in [6.07, 6.45) is 2.75. The molecule has 0 spiro atoms. The van der Waals surface area contributed by atoms with Crippen LogP contribution in [0.2, 0.25) is 0 Å². The van der Waals surface area contributed by atoms with E-state index in [9.17, 15) is 9.59 Å². The second kappa shape index (κ2) is 7.49. The molecule has 1 atom stereocenters. The molecule has 0 saturated heterocycles. The largest absolute Gasteiger partial charge is 0.345 e. The summed E-state index contributed by atoms with van der Waals surface area (Å²) in [7, 11) is 0. The number of thiophene rings is 1. The number of hydrogen-bond donors (Lipinski definition) is 2. The molecule has 4 nitrogen and oxygen atoms in total. The quantitative estimate of drug-likeness (QED) is 0.727. The average Bonchev–Trinajstić information content (AvgIpc) is 3.33. The number of anilines is 1. The lowest BCUT2D eigenvalue weighted by Gasteiger charge is -2.17. The highest BCUT2D eigenvalue weighted by Crippen LogP contribution is 2.31. The molecular weight excluding hydrogens is 388 g/mol. The minimum absolute atomic E-state index is 0.0304. The first-order valence-corrected chi connectivity index (χ1v) is 9.64. The van der Waals surface area contributed by atoms with E-state index in [-0.39, 0.29) is 23.8 Å². The Kier molecular flexibility index (Phi) is 5.36. The Morgan fingerprint density at radius 3 is 2.54 bits per heavy atom. The van der Waals surface area contributed by atoms with Crippen molar-refractivity contribution in [2.24, 2.45) is 5.92 Å². The molecule has 0 radical (unpaired) electrons. The Morgan fingerprint density at radius 1 is 1.21 bits per heavy atom. The second-order valence-electron chi connectivity index (χ2n) is 5.91. The summed E-state index contributed by atoms with van der Waals surface area (Å²) in [6.45, 7) is 2.04. The molecule has 1 unspecified atom stereocenters. The first kappa shape index (κ1) is 17.2. The molecule has 0 bridgehead atoms. The summed E-state index contributed by atoms with van der Waals surface area (Å²) >= 11 is 4.73. The zero-order valence-corrected chi connectivity index (χ0v) is 15.7. The van der Waals surface area contributed by atoms with Gasteiger partial charge in [-0.05, 0) is 49.1 Å². The highest BCUT2D eigenvalue weighted by Gasteiger charge is 2.30. The van der Waals surface area contributed by atoms with Gasteiger partial charge in [-0.1, -0.05) is 35.0 Å². The van der Waals surface area contributed by atoms with Gasteiger partial charge < -0.3 is 10.6 Å². The van der Waals surface area contributed by atoms with E-state index in [0.29, 0.717) is 4.88 Å². The first-order valence-electron chi connectivity index (χ1n) is 8.04. The van der Waals surface area contributed by atoms with Crippen LogP contribution in [-0.2, 0) is 4.79 Å². The van der Waals surface area contributed by atoms with Crippen LogP contribution < -0.4 is 10.6 Å². The van der Waals surface area contributed by atoms with E-state index in [2.05, 4.69) is 26.6 Å². The van der Waals surface area contributed by atoms with Crippen molar-refractivity contribution in [2.75, 3.05) is 5.32 Å². The molecule has 1 heterocycles. The molecule has 1 fully saturated rings. The van der Waals surface area contributed by atoms with Gasteiger partial charge in [0, 0.05) is 10.4 Å². The van der Waals surface area contributed by atoms with Gasteiger partial charge in [0.1, 0.15) is 0 Å². The van der Waals surface area contributed by atoms with Gasteiger partial charge in [-0.25, -0.2) is 0 Å². The fourth-order valence-electron chi connectivity index (χ4n) is 2.44. The maximum absolute atomic E-state index is 12.5. The molecule has 126 valence electrons. The highest BCUT2D eigenvalue weighted by atomic mass is 79.9. The highest BCUT2D eigenvalue weighted by molar-refractivity contribution is 9.10. The fraction of sp³-hybridized carbons (Fsp3) is 0.333. The molecule has 1 aromatic carbocycles. The van der Waals surface area contributed by atoms with E-state index in [1.165, 1.54) is 11.3 Å². The smallest absolute Gasteiger partial charge is 0.261 e. The number of benzene rings is 1. The molecule has 2 aromatic rings. The van der Waals surface area contributed by atoms with Crippen LogP contribution in [0.15, 0.2) is 40.9 Å². The molecule has 1 aliphatic rings.